The molecule has 0 spiro atoms. The first-order valence-corrected chi connectivity index (χ1v) is 7.85. The third-order valence-electron chi connectivity index (χ3n) is 3.52. The van der Waals surface area contributed by atoms with Crippen LogP contribution in [-0.2, 0) is 0 Å². The molecule has 3 aromatic rings. The fourth-order valence-electron chi connectivity index (χ4n) is 2.32. The highest BCUT2D eigenvalue weighted by Gasteiger charge is 2.13. The van der Waals surface area contributed by atoms with Crippen LogP contribution >= 0.6 is 11.3 Å². The summed E-state index contributed by atoms with van der Waals surface area (Å²) in [5, 5.41) is 9.93. The fourth-order valence-corrected chi connectivity index (χ4v) is 3.25. The van der Waals surface area contributed by atoms with Crippen molar-refractivity contribution in [2.75, 3.05) is 7.11 Å². The van der Waals surface area contributed by atoms with Gasteiger partial charge < -0.3 is 9.84 Å². The monoisotopic (exact) mass is 325 g/mol. The fraction of sp³-hybridized carbons (Fsp3) is 0.111. The Morgan fingerprint density at radius 3 is 2.52 bits per heavy atom. The van der Waals surface area contributed by atoms with Crippen LogP contribution < -0.4 is 4.74 Å². The van der Waals surface area contributed by atoms with E-state index in [1.165, 1.54) is 0 Å². The molecule has 116 valence electrons. The number of aromatic nitrogens is 1. The minimum Gasteiger partial charge on any atom is -0.497 e. The van der Waals surface area contributed by atoms with Gasteiger partial charge in [0.25, 0.3) is 0 Å². The highest BCUT2D eigenvalue weighted by molar-refractivity contribution is 7.15. The molecule has 0 saturated heterocycles. The summed E-state index contributed by atoms with van der Waals surface area (Å²) in [5.41, 5.74) is 3.01. The van der Waals surface area contributed by atoms with E-state index in [2.05, 4.69) is 0 Å². The standard InChI is InChI=1S/C18H15NO3S/c1-11-16(12-6-8-15(22-2)9-7-12)19-17(23-11)13-4-3-5-14(10-13)18(20)21/h3-10H,1-2H3,(H,20,21). The maximum atomic E-state index is 11.1. The van der Waals surface area contributed by atoms with Crippen LogP contribution in [0.5, 0.6) is 5.75 Å². The molecule has 0 amide bonds. The Morgan fingerprint density at radius 1 is 1.13 bits per heavy atom. The van der Waals surface area contributed by atoms with Gasteiger partial charge in [-0.1, -0.05) is 12.1 Å². The van der Waals surface area contributed by atoms with E-state index < -0.39 is 5.97 Å². The Balaban J connectivity index is 2.00. The first-order valence-electron chi connectivity index (χ1n) is 7.04. The van der Waals surface area contributed by atoms with Crippen molar-refractivity contribution in [3.8, 4) is 27.6 Å². The SMILES string of the molecule is COc1ccc(-c2nc(-c3cccc(C(=O)O)c3)sc2C)cc1. The molecule has 2 aromatic carbocycles. The Kier molecular flexibility index (Phi) is 4.12. The smallest absolute Gasteiger partial charge is 0.335 e. The van der Waals surface area contributed by atoms with Crippen LogP contribution in [0.15, 0.2) is 48.5 Å². The Labute approximate surface area is 138 Å². The largest absolute Gasteiger partial charge is 0.497 e. The summed E-state index contributed by atoms with van der Waals surface area (Å²) in [5.74, 6) is -0.133. The van der Waals surface area contributed by atoms with Crippen molar-refractivity contribution >= 4 is 17.3 Å². The van der Waals surface area contributed by atoms with Crippen LogP contribution in [0.1, 0.15) is 15.2 Å². The minimum atomic E-state index is -0.935. The molecule has 5 heteroatoms. The average Bonchev–Trinajstić information content (AvgIpc) is 2.97. The van der Waals surface area contributed by atoms with Gasteiger partial charge in [-0.3, -0.25) is 0 Å². The van der Waals surface area contributed by atoms with Crippen LogP contribution in [0.25, 0.3) is 21.8 Å². The van der Waals surface area contributed by atoms with Gasteiger partial charge in [0, 0.05) is 16.0 Å². The molecule has 0 unspecified atom stereocenters. The van der Waals surface area contributed by atoms with Crippen molar-refractivity contribution in [1.29, 1.82) is 0 Å². The number of carboxylic acid groups (broad SMARTS) is 1. The van der Waals surface area contributed by atoms with E-state index in [1.54, 1.807) is 36.6 Å². The van der Waals surface area contributed by atoms with Gasteiger partial charge >= 0.3 is 5.97 Å². The van der Waals surface area contributed by atoms with Gasteiger partial charge in [0.15, 0.2) is 0 Å². The molecule has 1 heterocycles. The number of carboxylic acids is 1. The normalized spacial score (nSPS) is 10.5. The minimum absolute atomic E-state index is 0.265. The molecule has 1 N–H and O–H groups in total. The second-order valence-corrected chi connectivity index (χ2v) is 6.24. The quantitative estimate of drug-likeness (QED) is 0.767. The van der Waals surface area contributed by atoms with E-state index in [1.807, 2.05) is 37.3 Å². The van der Waals surface area contributed by atoms with Crippen molar-refractivity contribution in [3.63, 3.8) is 0 Å². The van der Waals surface area contributed by atoms with Crippen LogP contribution in [0.4, 0.5) is 0 Å². The van der Waals surface area contributed by atoms with Crippen molar-refractivity contribution in [3.05, 3.63) is 59.0 Å². The molecule has 0 fully saturated rings. The molecular formula is C18H15NO3S. The number of ether oxygens (including phenoxy) is 1. The molecule has 3 rings (SSSR count). The number of hydrogen-bond donors (Lipinski definition) is 1. The zero-order valence-corrected chi connectivity index (χ0v) is 13.6. The van der Waals surface area contributed by atoms with Crippen LogP contribution in [0.3, 0.4) is 0 Å². The first-order chi connectivity index (χ1) is 11.1. The maximum absolute atomic E-state index is 11.1. The summed E-state index contributed by atoms with van der Waals surface area (Å²) < 4.78 is 5.17. The van der Waals surface area contributed by atoms with Gasteiger partial charge in [-0.25, -0.2) is 9.78 Å². The molecule has 0 aliphatic rings. The first kappa shape index (κ1) is 15.2. The van der Waals surface area contributed by atoms with Crippen molar-refractivity contribution in [2.45, 2.75) is 6.92 Å². The summed E-state index contributed by atoms with van der Waals surface area (Å²) >= 11 is 1.56. The third kappa shape index (κ3) is 3.10. The van der Waals surface area contributed by atoms with E-state index in [9.17, 15) is 4.79 Å². The number of rotatable bonds is 4. The lowest BCUT2D eigenvalue weighted by atomic mass is 10.1. The number of carbonyl (C=O) groups is 1. The lowest BCUT2D eigenvalue weighted by molar-refractivity contribution is 0.0697. The van der Waals surface area contributed by atoms with Crippen molar-refractivity contribution in [2.24, 2.45) is 0 Å². The summed E-state index contributed by atoms with van der Waals surface area (Å²) in [6.07, 6.45) is 0. The highest BCUT2D eigenvalue weighted by atomic mass is 32.1. The second-order valence-electron chi connectivity index (χ2n) is 5.04. The number of thiazole rings is 1. The zero-order valence-electron chi connectivity index (χ0n) is 12.7. The zero-order chi connectivity index (χ0) is 16.4. The molecule has 0 aliphatic heterocycles. The Morgan fingerprint density at radius 2 is 1.87 bits per heavy atom. The van der Waals surface area contributed by atoms with Gasteiger partial charge in [-0.15, -0.1) is 11.3 Å². The molecular weight excluding hydrogens is 310 g/mol. The van der Waals surface area contributed by atoms with Gasteiger partial charge in [0.2, 0.25) is 0 Å². The van der Waals surface area contributed by atoms with Crippen molar-refractivity contribution < 1.29 is 14.6 Å². The molecule has 23 heavy (non-hydrogen) atoms. The summed E-state index contributed by atoms with van der Waals surface area (Å²) in [7, 11) is 1.64. The average molecular weight is 325 g/mol. The molecule has 0 atom stereocenters. The number of nitrogens with zero attached hydrogens (tertiary/aromatic N) is 1. The van der Waals surface area contributed by atoms with Gasteiger partial charge in [-0.05, 0) is 43.3 Å². The van der Waals surface area contributed by atoms with E-state index in [-0.39, 0.29) is 5.56 Å². The number of methoxy groups -OCH3 is 1. The predicted octanol–water partition coefficient (Wildman–Crippen LogP) is 4.49. The predicted molar refractivity (Wildman–Crippen MR) is 91.2 cm³/mol. The van der Waals surface area contributed by atoms with Gasteiger partial charge in [-0.2, -0.15) is 0 Å². The molecule has 4 nitrogen and oxygen atoms in total. The molecule has 0 saturated carbocycles. The number of aryl methyl sites for hydroxylation is 1. The summed E-state index contributed by atoms with van der Waals surface area (Å²) in [6, 6.07) is 14.6. The van der Waals surface area contributed by atoms with Crippen LogP contribution in [0, 0.1) is 6.92 Å². The Bertz CT molecular complexity index is 853. The van der Waals surface area contributed by atoms with Gasteiger partial charge in [0.05, 0.1) is 18.4 Å². The second kappa shape index (κ2) is 6.22. The van der Waals surface area contributed by atoms with E-state index in [0.29, 0.717) is 0 Å². The summed E-state index contributed by atoms with van der Waals surface area (Å²) in [4.78, 5) is 16.9. The van der Waals surface area contributed by atoms with E-state index in [0.717, 1.165) is 32.5 Å². The lowest BCUT2D eigenvalue weighted by Crippen LogP contribution is -1.95. The van der Waals surface area contributed by atoms with Crippen LogP contribution in [-0.4, -0.2) is 23.2 Å². The van der Waals surface area contributed by atoms with E-state index >= 15 is 0 Å². The molecule has 0 radical (unpaired) electrons. The van der Waals surface area contributed by atoms with Gasteiger partial charge in [0.1, 0.15) is 10.8 Å². The summed E-state index contributed by atoms with van der Waals surface area (Å²) in [6.45, 7) is 2.02. The Hall–Kier alpha value is -2.66. The molecule has 0 bridgehead atoms. The highest BCUT2D eigenvalue weighted by Crippen LogP contribution is 2.34. The van der Waals surface area contributed by atoms with Crippen LogP contribution in [0.2, 0.25) is 0 Å². The number of benzene rings is 2. The van der Waals surface area contributed by atoms with Crippen molar-refractivity contribution in [1.82, 2.24) is 4.98 Å². The van der Waals surface area contributed by atoms with E-state index in [4.69, 9.17) is 14.8 Å². The topological polar surface area (TPSA) is 59.4 Å². The number of aromatic carboxylic acids is 1. The lowest BCUT2D eigenvalue weighted by Gasteiger charge is -2.02. The maximum Gasteiger partial charge on any atom is 0.335 e. The molecule has 1 aromatic heterocycles. The molecule has 0 aliphatic carbocycles. The third-order valence-corrected chi connectivity index (χ3v) is 4.54. The number of hydrogen-bond acceptors (Lipinski definition) is 4.